The number of alkyl carbamates (subject to hydrolysis) is 2. The predicted octanol–water partition coefficient (Wildman–Crippen LogP) is 4.25. The number of nitrogens with one attached hydrogen (secondary N) is 2. The SMILES string of the molecule is CCCCOCCOC(=O)NC1CC(C)(C)CC(C)(CNC(=O)OC(C)C)C1. The number of unbranched alkanes of at least 4 members (excludes halogenated alkanes) is 1. The fourth-order valence-electron chi connectivity index (χ4n) is 4.16. The van der Waals surface area contributed by atoms with Gasteiger partial charge in [-0.25, -0.2) is 9.59 Å². The van der Waals surface area contributed by atoms with Gasteiger partial charge in [0.05, 0.1) is 12.7 Å². The van der Waals surface area contributed by atoms with Crippen molar-refractivity contribution in [2.24, 2.45) is 10.8 Å². The Morgan fingerprint density at radius 2 is 1.79 bits per heavy atom. The van der Waals surface area contributed by atoms with E-state index in [4.69, 9.17) is 14.2 Å². The molecule has 7 heteroatoms. The van der Waals surface area contributed by atoms with E-state index in [-0.39, 0.29) is 29.6 Å². The van der Waals surface area contributed by atoms with E-state index in [0.717, 1.165) is 32.1 Å². The van der Waals surface area contributed by atoms with Crippen LogP contribution in [0.2, 0.25) is 0 Å². The van der Waals surface area contributed by atoms with Crippen LogP contribution >= 0.6 is 0 Å². The number of rotatable bonds is 10. The molecule has 0 saturated heterocycles. The van der Waals surface area contributed by atoms with E-state index in [1.165, 1.54) is 0 Å². The van der Waals surface area contributed by atoms with E-state index in [1.54, 1.807) is 0 Å². The van der Waals surface area contributed by atoms with Gasteiger partial charge in [-0.3, -0.25) is 0 Å². The van der Waals surface area contributed by atoms with Crippen LogP contribution in [0, 0.1) is 10.8 Å². The zero-order valence-electron chi connectivity index (χ0n) is 18.6. The highest BCUT2D eigenvalue weighted by molar-refractivity contribution is 5.68. The summed E-state index contributed by atoms with van der Waals surface area (Å²) in [4.78, 5) is 24.0. The summed E-state index contributed by atoms with van der Waals surface area (Å²) in [5.74, 6) is 0. The van der Waals surface area contributed by atoms with E-state index in [0.29, 0.717) is 19.8 Å². The van der Waals surface area contributed by atoms with Gasteiger partial charge in [0.15, 0.2) is 0 Å². The van der Waals surface area contributed by atoms with E-state index < -0.39 is 12.2 Å². The predicted molar refractivity (Wildman–Crippen MR) is 109 cm³/mol. The molecular formula is C21H40N2O5. The molecule has 2 unspecified atom stereocenters. The van der Waals surface area contributed by atoms with Crippen molar-refractivity contribution in [2.75, 3.05) is 26.4 Å². The minimum atomic E-state index is -0.406. The van der Waals surface area contributed by atoms with Crippen LogP contribution in [0.15, 0.2) is 0 Å². The first-order valence-corrected chi connectivity index (χ1v) is 10.5. The largest absolute Gasteiger partial charge is 0.447 e. The summed E-state index contributed by atoms with van der Waals surface area (Å²) in [6, 6.07) is 0.00480. The molecule has 0 aliphatic heterocycles. The van der Waals surface area contributed by atoms with Gasteiger partial charge in [-0.05, 0) is 50.4 Å². The first kappa shape index (κ1) is 24.5. The monoisotopic (exact) mass is 400 g/mol. The maximum absolute atomic E-state index is 12.1. The minimum absolute atomic E-state index is 0.00480. The molecule has 1 aliphatic carbocycles. The zero-order chi connectivity index (χ0) is 21.2. The number of carbonyl (C=O) groups is 2. The second kappa shape index (κ2) is 11.5. The Bertz CT molecular complexity index is 495. The molecule has 1 fully saturated rings. The fraction of sp³-hybridized carbons (Fsp3) is 0.905. The van der Waals surface area contributed by atoms with Crippen molar-refractivity contribution >= 4 is 12.2 Å². The Labute approximate surface area is 170 Å². The highest BCUT2D eigenvalue weighted by Gasteiger charge is 2.42. The summed E-state index contributed by atoms with van der Waals surface area (Å²) in [5.41, 5.74) is -0.0726. The van der Waals surface area contributed by atoms with Crippen LogP contribution < -0.4 is 10.6 Å². The van der Waals surface area contributed by atoms with Gasteiger partial charge in [0.2, 0.25) is 0 Å². The smallest absolute Gasteiger partial charge is 0.407 e. The summed E-state index contributed by atoms with van der Waals surface area (Å²) < 4.78 is 15.8. The van der Waals surface area contributed by atoms with Crippen molar-refractivity contribution in [3.8, 4) is 0 Å². The molecule has 0 radical (unpaired) electrons. The quantitative estimate of drug-likeness (QED) is 0.536. The van der Waals surface area contributed by atoms with Crippen molar-refractivity contribution in [1.29, 1.82) is 0 Å². The highest BCUT2D eigenvalue weighted by Crippen LogP contribution is 2.45. The average Bonchev–Trinajstić information content (AvgIpc) is 2.54. The first-order valence-electron chi connectivity index (χ1n) is 10.5. The molecule has 1 aliphatic rings. The van der Waals surface area contributed by atoms with Gasteiger partial charge >= 0.3 is 12.2 Å². The summed E-state index contributed by atoms with van der Waals surface area (Å²) >= 11 is 0. The number of ether oxygens (including phenoxy) is 3. The molecule has 0 heterocycles. The van der Waals surface area contributed by atoms with Gasteiger partial charge in [-0.1, -0.05) is 34.1 Å². The van der Waals surface area contributed by atoms with E-state index >= 15 is 0 Å². The average molecular weight is 401 g/mol. The lowest BCUT2D eigenvalue weighted by Gasteiger charge is -2.46. The molecule has 28 heavy (non-hydrogen) atoms. The van der Waals surface area contributed by atoms with Crippen molar-refractivity contribution in [1.82, 2.24) is 10.6 Å². The van der Waals surface area contributed by atoms with Crippen LogP contribution in [0.3, 0.4) is 0 Å². The van der Waals surface area contributed by atoms with Crippen LogP contribution in [0.4, 0.5) is 9.59 Å². The highest BCUT2D eigenvalue weighted by atomic mass is 16.6. The Kier molecular flexibility index (Phi) is 10.1. The molecule has 1 rings (SSSR count). The van der Waals surface area contributed by atoms with Gasteiger partial charge < -0.3 is 24.8 Å². The van der Waals surface area contributed by atoms with Crippen LogP contribution in [0.5, 0.6) is 0 Å². The summed E-state index contributed by atoms with van der Waals surface area (Å²) in [7, 11) is 0. The Morgan fingerprint density at radius 3 is 2.43 bits per heavy atom. The number of hydrogen-bond donors (Lipinski definition) is 2. The van der Waals surface area contributed by atoms with Crippen LogP contribution in [-0.4, -0.2) is 50.7 Å². The van der Waals surface area contributed by atoms with Crippen molar-refractivity contribution < 1.29 is 23.8 Å². The third-order valence-corrected chi connectivity index (χ3v) is 4.87. The molecule has 2 atom stereocenters. The number of amides is 2. The van der Waals surface area contributed by atoms with Crippen molar-refractivity contribution in [2.45, 2.75) is 85.8 Å². The maximum atomic E-state index is 12.1. The zero-order valence-corrected chi connectivity index (χ0v) is 18.6. The normalized spacial score (nSPS) is 23.9. The molecule has 1 saturated carbocycles. The number of carbonyl (C=O) groups excluding carboxylic acids is 2. The lowest BCUT2D eigenvalue weighted by molar-refractivity contribution is 0.0501. The molecule has 2 amide bonds. The van der Waals surface area contributed by atoms with Crippen LogP contribution in [0.25, 0.3) is 0 Å². The summed E-state index contributed by atoms with van der Waals surface area (Å²) in [6.45, 7) is 14.2. The summed E-state index contributed by atoms with van der Waals surface area (Å²) in [6.07, 6.45) is 3.76. The molecule has 0 spiro atoms. The topological polar surface area (TPSA) is 85.9 Å². The van der Waals surface area contributed by atoms with Gasteiger partial charge in [0, 0.05) is 19.2 Å². The molecule has 7 nitrogen and oxygen atoms in total. The first-order chi connectivity index (χ1) is 13.1. The van der Waals surface area contributed by atoms with Crippen LogP contribution in [0.1, 0.15) is 73.6 Å². The molecule has 2 N–H and O–H groups in total. The van der Waals surface area contributed by atoms with Gasteiger partial charge in [-0.15, -0.1) is 0 Å². The van der Waals surface area contributed by atoms with E-state index in [2.05, 4.69) is 38.3 Å². The molecule has 0 aromatic rings. The fourth-order valence-corrected chi connectivity index (χ4v) is 4.16. The third kappa shape index (κ3) is 10.2. The Morgan fingerprint density at radius 1 is 1.07 bits per heavy atom. The second-order valence-corrected chi connectivity index (χ2v) is 9.31. The Hall–Kier alpha value is -1.50. The van der Waals surface area contributed by atoms with Crippen molar-refractivity contribution in [3.05, 3.63) is 0 Å². The maximum Gasteiger partial charge on any atom is 0.407 e. The lowest BCUT2D eigenvalue weighted by atomic mass is 9.62. The van der Waals surface area contributed by atoms with Gasteiger partial charge in [0.25, 0.3) is 0 Å². The second-order valence-electron chi connectivity index (χ2n) is 9.31. The molecule has 0 bridgehead atoms. The molecular weight excluding hydrogens is 360 g/mol. The van der Waals surface area contributed by atoms with E-state index in [9.17, 15) is 9.59 Å². The standard InChI is InChI=1S/C21H40N2O5/c1-7-8-9-26-10-11-27-19(25)23-17-12-20(4,5)14-21(6,13-17)15-22-18(24)28-16(2)3/h16-17H,7-15H2,1-6H3,(H,22,24)(H,23,25). The van der Waals surface area contributed by atoms with Gasteiger partial charge in [-0.2, -0.15) is 0 Å². The number of hydrogen-bond acceptors (Lipinski definition) is 5. The Balaban J connectivity index is 2.46. The minimum Gasteiger partial charge on any atom is -0.447 e. The van der Waals surface area contributed by atoms with Crippen LogP contribution in [-0.2, 0) is 14.2 Å². The van der Waals surface area contributed by atoms with Gasteiger partial charge in [0.1, 0.15) is 6.61 Å². The summed E-state index contributed by atoms with van der Waals surface area (Å²) in [5, 5.41) is 5.86. The molecule has 164 valence electrons. The van der Waals surface area contributed by atoms with E-state index in [1.807, 2.05) is 13.8 Å². The molecule has 0 aromatic heterocycles. The lowest BCUT2D eigenvalue weighted by Crippen LogP contribution is -2.50. The van der Waals surface area contributed by atoms with Crippen molar-refractivity contribution in [3.63, 3.8) is 0 Å². The molecule has 0 aromatic carbocycles. The third-order valence-electron chi connectivity index (χ3n) is 4.87.